The van der Waals surface area contributed by atoms with Crippen molar-refractivity contribution in [3.8, 4) is 0 Å². The minimum absolute atomic E-state index is 0.0953. The number of amides is 2. The van der Waals surface area contributed by atoms with E-state index in [2.05, 4.69) is 5.32 Å². The summed E-state index contributed by atoms with van der Waals surface area (Å²) in [6.07, 6.45) is 5.68. The number of carbonyl (C=O) groups is 2. The van der Waals surface area contributed by atoms with E-state index in [-0.39, 0.29) is 24.3 Å². The first-order valence-corrected chi connectivity index (χ1v) is 11.7. The Hall–Kier alpha value is -2.04. The molecule has 166 valence electrons. The van der Waals surface area contributed by atoms with Crippen LogP contribution in [0.15, 0.2) is 42.5 Å². The van der Waals surface area contributed by atoms with E-state index < -0.39 is 6.04 Å². The van der Waals surface area contributed by atoms with Crippen molar-refractivity contribution in [2.45, 2.75) is 71.0 Å². The van der Waals surface area contributed by atoms with Crippen LogP contribution >= 0.6 is 23.2 Å². The van der Waals surface area contributed by atoms with Gasteiger partial charge in [0.05, 0.1) is 16.5 Å². The van der Waals surface area contributed by atoms with E-state index in [1.54, 1.807) is 30.0 Å². The molecule has 1 N–H and O–H groups in total. The maximum atomic E-state index is 13.3. The molecule has 6 heteroatoms. The highest BCUT2D eigenvalue weighted by molar-refractivity contribution is 6.42. The summed E-state index contributed by atoms with van der Waals surface area (Å²) in [7, 11) is 0. The molecule has 0 aromatic heterocycles. The largest absolute Gasteiger partial charge is 0.352 e. The Morgan fingerprint density at radius 2 is 1.77 bits per heavy atom. The monoisotopic (exact) mass is 460 g/mol. The number of carbonyl (C=O) groups excluding carboxylic acids is 2. The lowest BCUT2D eigenvalue weighted by atomic mass is 9.95. The molecule has 1 fully saturated rings. The molecular formula is C25H30Cl2N2O2. The third-order valence-electron chi connectivity index (χ3n) is 5.89. The fourth-order valence-electron chi connectivity index (χ4n) is 4.08. The van der Waals surface area contributed by atoms with Gasteiger partial charge in [-0.25, -0.2) is 0 Å². The maximum absolute atomic E-state index is 13.3. The van der Waals surface area contributed by atoms with Gasteiger partial charge in [-0.15, -0.1) is 0 Å². The molecule has 0 spiro atoms. The summed E-state index contributed by atoms with van der Waals surface area (Å²) >= 11 is 12.1. The van der Waals surface area contributed by atoms with Crippen LogP contribution in [0.2, 0.25) is 10.0 Å². The molecule has 0 saturated heterocycles. The van der Waals surface area contributed by atoms with Crippen molar-refractivity contribution < 1.29 is 9.59 Å². The van der Waals surface area contributed by atoms with Gasteiger partial charge in [-0.2, -0.15) is 0 Å². The molecule has 2 aromatic carbocycles. The molecule has 0 aliphatic heterocycles. The molecule has 0 radical (unpaired) electrons. The first-order chi connectivity index (χ1) is 14.8. The van der Waals surface area contributed by atoms with E-state index in [1.807, 2.05) is 31.2 Å². The highest BCUT2D eigenvalue weighted by Gasteiger charge is 2.28. The Morgan fingerprint density at radius 3 is 2.45 bits per heavy atom. The summed E-state index contributed by atoms with van der Waals surface area (Å²) < 4.78 is 0. The van der Waals surface area contributed by atoms with E-state index in [0.717, 1.165) is 42.4 Å². The lowest BCUT2D eigenvalue weighted by Crippen LogP contribution is -2.50. The summed E-state index contributed by atoms with van der Waals surface area (Å²) in [6.45, 7) is 4.20. The lowest BCUT2D eigenvalue weighted by molar-refractivity contribution is -0.140. The fraction of sp³-hybridized carbons (Fsp3) is 0.440. The van der Waals surface area contributed by atoms with Crippen molar-refractivity contribution in [2.24, 2.45) is 0 Å². The van der Waals surface area contributed by atoms with Crippen molar-refractivity contribution in [1.82, 2.24) is 10.2 Å². The Labute approximate surface area is 194 Å². The van der Waals surface area contributed by atoms with Gasteiger partial charge < -0.3 is 10.2 Å². The molecule has 2 amide bonds. The van der Waals surface area contributed by atoms with Gasteiger partial charge in [-0.05, 0) is 49.9 Å². The zero-order chi connectivity index (χ0) is 22.4. The zero-order valence-corrected chi connectivity index (χ0v) is 19.7. The Balaban J connectivity index is 1.77. The third-order valence-corrected chi connectivity index (χ3v) is 6.63. The number of hydrogen-bond acceptors (Lipinski definition) is 2. The summed E-state index contributed by atoms with van der Waals surface area (Å²) in [4.78, 5) is 28.0. The van der Waals surface area contributed by atoms with Crippen molar-refractivity contribution in [3.05, 3.63) is 69.2 Å². The second-order valence-corrected chi connectivity index (χ2v) is 9.27. The Kier molecular flexibility index (Phi) is 8.39. The topological polar surface area (TPSA) is 49.4 Å². The molecule has 4 nitrogen and oxygen atoms in total. The van der Waals surface area contributed by atoms with Gasteiger partial charge >= 0.3 is 0 Å². The Morgan fingerprint density at radius 1 is 1.03 bits per heavy atom. The summed E-state index contributed by atoms with van der Waals surface area (Å²) in [5.74, 6) is -0.215. The van der Waals surface area contributed by atoms with Crippen molar-refractivity contribution in [3.63, 3.8) is 0 Å². The molecule has 31 heavy (non-hydrogen) atoms. The zero-order valence-electron chi connectivity index (χ0n) is 18.2. The second kappa shape index (κ2) is 11.0. The van der Waals surface area contributed by atoms with E-state index >= 15 is 0 Å². The van der Waals surface area contributed by atoms with Crippen LogP contribution < -0.4 is 5.32 Å². The van der Waals surface area contributed by atoms with Gasteiger partial charge in [-0.3, -0.25) is 9.59 Å². The molecule has 1 saturated carbocycles. The minimum atomic E-state index is -0.572. The van der Waals surface area contributed by atoms with Crippen LogP contribution in [0.1, 0.15) is 55.7 Å². The number of rotatable bonds is 7. The number of nitrogens with one attached hydrogen (secondary N) is 1. The van der Waals surface area contributed by atoms with Crippen LogP contribution in [-0.2, 0) is 22.6 Å². The van der Waals surface area contributed by atoms with Crippen LogP contribution in [0.5, 0.6) is 0 Å². The fourth-order valence-corrected chi connectivity index (χ4v) is 4.40. The van der Waals surface area contributed by atoms with E-state index in [9.17, 15) is 9.59 Å². The van der Waals surface area contributed by atoms with Gasteiger partial charge in [0, 0.05) is 12.6 Å². The predicted octanol–water partition coefficient (Wildman–Crippen LogP) is 5.71. The highest BCUT2D eigenvalue weighted by Crippen LogP contribution is 2.24. The minimum Gasteiger partial charge on any atom is -0.352 e. The molecule has 1 atom stereocenters. The van der Waals surface area contributed by atoms with Crippen LogP contribution in [0, 0.1) is 6.92 Å². The highest BCUT2D eigenvalue weighted by atomic mass is 35.5. The van der Waals surface area contributed by atoms with Gasteiger partial charge in [-0.1, -0.05) is 78.4 Å². The normalized spacial score (nSPS) is 15.4. The molecule has 0 heterocycles. The smallest absolute Gasteiger partial charge is 0.242 e. The van der Waals surface area contributed by atoms with Gasteiger partial charge in [0.25, 0.3) is 0 Å². The molecular weight excluding hydrogens is 431 g/mol. The van der Waals surface area contributed by atoms with Crippen LogP contribution in [-0.4, -0.2) is 28.8 Å². The van der Waals surface area contributed by atoms with E-state index in [4.69, 9.17) is 23.2 Å². The average molecular weight is 461 g/mol. The molecule has 1 aliphatic rings. The standard InChI is InChI=1S/C25H30Cl2N2O2/c1-17-7-6-8-20(13-17)16-29(18(2)25(31)28-21-9-4-3-5-10-21)24(30)15-19-11-12-22(26)23(27)14-19/h6-8,11-14,18,21H,3-5,9-10,15-16H2,1-2H3,(H,28,31)/t18-/m1/s1. The van der Waals surface area contributed by atoms with Crippen molar-refractivity contribution in [2.75, 3.05) is 0 Å². The predicted molar refractivity (Wildman–Crippen MR) is 126 cm³/mol. The number of benzene rings is 2. The van der Waals surface area contributed by atoms with Gasteiger partial charge in [0.15, 0.2) is 0 Å². The number of hydrogen-bond donors (Lipinski definition) is 1. The third kappa shape index (κ3) is 6.72. The van der Waals surface area contributed by atoms with Crippen molar-refractivity contribution in [1.29, 1.82) is 0 Å². The van der Waals surface area contributed by atoms with Gasteiger partial charge in [0.1, 0.15) is 6.04 Å². The van der Waals surface area contributed by atoms with Crippen LogP contribution in [0.4, 0.5) is 0 Å². The average Bonchev–Trinajstić information content (AvgIpc) is 2.75. The number of aryl methyl sites for hydroxylation is 1. The molecule has 1 aliphatic carbocycles. The van der Waals surface area contributed by atoms with Gasteiger partial charge in [0.2, 0.25) is 11.8 Å². The number of halogens is 2. The first-order valence-electron chi connectivity index (χ1n) is 10.9. The quantitative estimate of drug-likeness (QED) is 0.574. The maximum Gasteiger partial charge on any atom is 0.242 e. The molecule has 0 bridgehead atoms. The summed E-state index contributed by atoms with van der Waals surface area (Å²) in [5, 5.41) is 4.03. The lowest BCUT2D eigenvalue weighted by Gasteiger charge is -2.31. The summed E-state index contributed by atoms with van der Waals surface area (Å²) in [5.41, 5.74) is 2.89. The molecule has 0 unspecified atom stereocenters. The first kappa shape index (κ1) is 23.6. The van der Waals surface area contributed by atoms with E-state index in [1.165, 1.54) is 6.42 Å². The second-order valence-electron chi connectivity index (χ2n) is 8.46. The Bertz CT molecular complexity index is 925. The molecule has 2 aromatic rings. The van der Waals surface area contributed by atoms with Crippen LogP contribution in [0.3, 0.4) is 0 Å². The van der Waals surface area contributed by atoms with Crippen molar-refractivity contribution >= 4 is 35.0 Å². The number of nitrogens with zero attached hydrogens (tertiary/aromatic N) is 1. The molecule has 3 rings (SSSR count). The SMILES string of the molecule is Cc1cccc(CN(C(=O)Cc2ccc(Cl)c(Cl)c2)[C@H](C)C(=O)NC2CCCCC2)c1. The van der Waals surface area contributed by atoms with E-state index in [0.29, 0.717) is 16.6 Å². The van der Waals surface area contributed by atoms with Crippen LogP contribution in [0.25, 0.3) is 0 Å². The summed E-state index contributed by atoms with van der Waals surface area (Å²) in [6, 6.07) is 12.8.